The third kappa shape index (κ3) is 3.60. The van der Waals surface area contributed by atoms with E-state index in [1.54, 1.807) is 20.8 Å². The van der Waals surface area contributed by atoms with Gasteiger partial charge in [-0.2, -0.15) is 4.31 Å². The van der Waals surface area contributed by atoms with Crippen LogP contribution in [-0.4, -0.2) is 41.3 Å². The van der Waals surface area contributed by atoms with Gasteiger partial charge in [-0.05, 0) is 48.7 Å². The molecule has 1 N–H and O–H groups in total. The van der Waals surface area contributed by atoms with Crippen LogP contribution in [0.1, 0.15) is 38.3 Å². The van der Waals surface area contributed by atoms with Crippen molar-refractivity contribution < 1.29 is 22.7 Å². The molecule has 0 radical (unpaired) electrons. The second-order valence-electron chi connectivity index (χ2n) is 9.09. The summed E-state index contributed by atoms with van der Waals surface area (Å²) in [7, 11) is -3.77. The number of fused-ring (bicyclic) bond motifs is 1. The first-order valence-corrected chi connectivity index (χ1v) is 12.6. The summed E-state index contributed by atoms with van der Waals surface area (Å²) < 4.78 is 48.4. The van der Waals surface area contributed by atoms with E-state index in [9.17, 15) is 17.9 Å². The summed E-state index contributed by atoms with van der Waals surface area (Å²) in [4.78, 5) is 0. The summed E-state index contributed by atoms with van der Waals surface area (Å²) in [6.07, 6.45) is -0.356. The van der Waals surface area contributed by atoms with Crippen LogP contribution in [0.4, 0.5) is 4.39 Å². The lowest BCUT2D eigenvalue weighted by molar-refractivity contribution is 0.0261. The molecule has 0 bridgehead atoms. The van der Waals surface area contributed by atoms with E-state index in [-0.39, 0.29) is 24.4 Å². The van der Waals surface area contributed by atoms with Crippen LogP contribution >= 0.6 is 27.5 Å². The first-order valence-electron chi connectivity index (χ1n) is 9.99. The third-order valence-corrected chi connectivity index (χ3v) is 10.1. The zero-order valence-electron chi connectivity index (χ0n) is 17.4. The van der Waals surface area contributed by atoms with Gasteiger partial charge in [-0.3, -0.25) is 0 Å². The molecule has 2 aliphatic heterocycles. The van der Waals surface area contributed by atoms with Crippen LogP contribution in [0.15, 0.2) is 40.9 Å². The highest BCUT2D eigenvalue weighted by Gasteiger charge is 2.57. The molecule has 3 atom stereocenters. The number of hydrogen-bond acceptors (Lipinski definition) is 4. The SMILES string of the molecule is CC(C)(C)S(=O)(=O)N1CC(O)CC1[C@@]1(c2ccccc2)Cc2c(cc(F)c(Cl)c2Br)O1. The lowest BCUT2D eigenvalue weighted by atomic mass is 9.81. The molecule has 1 fully saturated rings. The Morgan fingerprint density at radius 1 is 1.29 bits per heavy atom. The number of sulfonamides is 1. The fourth-order valence-corrected chi connectivity index (χ4v) is 6.80. The van der Waals surface area contributed by atoms with Crippen molar-refractivity contribution in [2.24, 2.45) is 0 Å². The molecular weight excluding hydrogens is 509 g/mol. The summed E-state index contributed by atoms with van der Waals surface area (Å²) in [6, 6.07) is 9.84. The van der Waals surface area contributed by atoms with Gasteiger partial charge in [0.2, 0.25) is 10.0 Å². The van der Waals surface area contributed by atoms with Gasteiger partial charge in [-0.25, -0.2) is 12.8 Å². The van der Waals surface area contributed by atoms with E-state index in [2.05, 4.69) is 15.9 Å². The number of β-amino-alcohol motifs (C(OH)–C–C–N with tert-alkyl or cyclic N) is 1. The molecule has 5 nitrogen and oxygen atoms in total. The molecule has 2 aromatic carbocycles. The van der Waals surface area contributed by atoms with Crippen LogP contribution in [0, 0.1) is 5.82 Å². The Balaban J connectivity index is 1.91. The molecule has 0 aromatic heterocycles. The smallest absolute Gasteiger partial charge is 0.219 e. The van der Waals surface area contributed by atoms with Crippen LogP contribution in [0.3, 0.4) is 0 Å². The Morgan fingerprint density at radius 2 is 1.94 bits per heavy atom. The van der Waals surface area contributed by atoms with Gasteiger partial charge in [0.15, 0.2) is 5.60 Å². The normalized spacial score (nSPS) is 26.7. The van der Waals surface area contributed by atoms with E-state index in [1.165, 1.54) is 10.4 Å². The number of halogens is 3. The van der Waals surface area contributed by atoms with Gasteiger partial charge < -0.3 is 9.84 Å². The van der Waals surface area contributed by atoms with Crippen molar-refractivity contribution in [1.29, 1.82) is 0 Å². The Kier molecular flexibility index (Phi) is 5.71. The number of aliphatic hydroxyl groups excluding tert-OH is 1. The minimum atomic E-state index is -3.77. The minimum Gasteiger partial charge on any atom is -0.480 e. The predicted octanol–water partition coefficient (Wildman–Crippen LogP) is 4.64. The molecule has 1 saturated heterocycles. The van der Waals surface area contributed by atoms with E-state index in [0.29, 0.717) is 15.8 Å². The van der Waals surface area contributed by atoms with Crippen molar-refractivity contribution in [1.82, 2.24) is 4.31 Å². The van der Waals surface area contributed by atoms with Crippen molar-refractivity contribution in [2.45, 2.75) is 56.1 Å². The van der Waals surface area contributed by atoms with Crippen LogP contribution in [0.5, 0.6) is 5.75 Å². The van der Waals surface area contributed by atoms with Gasteiger partial charge in [0, 0.05) is 29.1 Å². The van der Waals surface area contributed by atoms with Crippen molar-refractivity contribution in [3.05, 3.63) is 62.8 Å². The van der Waals surface area contributed by atoms with Crippen molar-refractivity contribution in [3.8, 4) is 5.75 Å². The number of nitrogens with zero attached hydrogens (tertiary/aromatic N) is 1. The zero-order valence-corrected chi connectivity index (χ0v) is 20.6. The molecular formula is C22H24BrClFNO4S. The molecule has 4 rings (SSSR count). The highest BCUT2D eigenvalue weighted by Crippen LogP contribution is 2.52. The molecule has 2 aromatic rings. The van der Waals surface area contributed by atoms with E-state index in [0.717, 1.165) is 5.56 Å². The maximum atomic E-state index is 14.4. The molecule has 2 unspecified atom stereocenters. The highest BCUT2D eigenvalue weighted by molar-refractivity contribution is 9.10. The van der Waals surface area contributed by atoms with Gasteiger partial charge in [0.1, 0.15) is 11.6 Å². The monoisotopic (exact) mass is 531 g/mol. The molecule has 0 saturated carbocycles. The predicted molar refractivity (Wildman–Crippen MR) is 121 cm³/mol. The quantitative estimate of drug-likeness (QED) is 0.585. The van der Waals surface area contributed by atoms with Crippen molar-refractivity contribution >= 4 is 37.6 Å². The first-order chi connectivity index (χ1) is 14.4. The average molecular weight is 533 g/mol. The third-order valence-electron chi connectivity index (χ3n) is 6.07. The van der Waals surface area contributed by atoms with Crippen LogP contribution in [0.25, 0.3) is 0 Å². The Labute approximate surface area is 195 Å². The molecule has 2 aliphatic rings. The van der Waals surface area contributed by atoms with E-state index >= 15 is 0 Å². The van der Waals surface area contributed by atoms with Gasteiger partial charge in [0.25, 0.3) is 0 Å². The van der Waals surface area contributed by atoms with Crippen molar-refractivity contribution in [2.75, 3.05) is 6.54 Å². The van der Waals surface area contributed by atoms with Gasteiger partial charge in [-0.15, -0.1) is 0 Å². The highest BCUT2D eigenvalue weighted by atomic mass is 79.9. The van der Waals surface area contributed by atoms with Crippen LogP contribution < -0.4 is 4.74 Å². The van der Waals surface area contributed by atoms with Crippen molar-refractivity contribution in [3.63, 3.8) is 0 Å². The molecule has 168 valence electrons. The number of hydrogen-bond donors (Lipinski definition) is 1. The van der Waals surface area contributed by atoms with E-state index < -0.39 is 38.3 Å². The molecule has 0 amide bonds. The summed E-state index contributed by atoms with van der Waals surface area (Å²) >= 11 is 9.50. The summed E-state index contributed by atoms with van der Waals surface area (Å²) in [5.74, 6) is -0.311. The standard InChI is InChI=1S/C22H24BrClFNO4S/c1-21(2,3)31(28,29)26-12-14(27)9-18(26)22(13-7-5-4-6-8-13)11-15-17(30-22)10-16(25)20(24)19(15)23/h4-8,10,14,18,27H,9,11-12H2,1-3H3/t14?,18?,22-/m0/s1. The fourth-order valence-electron chi connectivity index (χ4n) is 4.45. The first kappa shape index (κ1) is 23.0. The van der Waals surface area contributed by atoms with E-state index in [4.69, 9.17) is 16.3 Å². The van der Waals surface area contributed by atoms with Gasteiger partial charge in [0.05, 0.1) is 21.9 Å². The van der Waals surface area contributed by atoms with Crippen LogP contribution in [0.2, 0.25) is 5.02 Å². The largest absolute Gasteiger partial charge is 0.480 e. The van der Waals surface area contributed by atoms with Gasteiger partial charge in [-0.1, -0.05) is 41.9 Å². The maximum absolute atomic E-state index is 14.4. The number of rotatable bonds is 3. The average Bonchev–Trinajstić information content (AvgIpc) is 3.28. The zero-order chi connectivity index (χ0) is 22.8. The molecule has 31 heavy (non-hydrogen) atoms. The summed E-state index contributed by atoms with van der Waals surface area (Å²) in [6.45, 7) is 4.88. The molecule has 0 aliphatic carbocycles. The van der Waals surface area contributed by atoms with Gasteiger partial charge >= 0.3 is 0 Å². The minimum absolute atomic E-state index is 0.0190. The summed E-state index contributed by atoms with van der Waals surface area (Å²) in [5.41, 5.74) is 0.284. The topological polar surface area (TPSA) is 66.8 Å². The Hall–Kier alpha value is -1.19. The molecule has 9 heteroatoms. The van der Waals surface area contributed by atoms with Crippen LogP contribution in [-0.2, 0) is 22.0 Å². The maximum Gasteiger partial charge on any atom is 0.219 e. The Morgan fingerprint density at radius 3 is 2.55 bits per heavy atom. The lowest BCUT2D eigenvalue weighted by Crippen LogP contribution is -2.55. The second kappa shape index (κ2) is 7.70. The Bertz CT molecular complexity index is 1120. The number of ether oxygens (including phenoxy) is 1. The fraction of sp³-hybridized carbons (Fsp3) is 0.455. The number of benzene rings is 2. The molecule has 0 spiro atoms. The lowest BCUT2D eigenvalue weighted by Gasteiger charge is -2.41. The molecule has 2 heterocycles. The summed E-state index contributed by atoms with van der Waals surface area (Å²) in [5, 5.41) is 10.5. The van der Waals surface area contributed by atoms with E-state index in [1.807, 2.05) is 30.3 Å². The number of aliphatic hydroxyl groups is 1. The second-order valence-corrected chi connectivity index (χ2v) is 12.9.